The van der Waals surface area contributed by atoms with Crippen LogP contribution in [0.15, 0.2) is 46.3 Å². The summed E-state index contributed by atoms with van der Waals surface area (Å²) in [6, 6.07) is 12.6. The van der Waals surface area contributed by atoms with Crippen LogP contribution < -0.4 is 9.64 Å². The molecule has 0 radical (unpaired) electrons. The van der Waals surface area contributed by atoms with Gasteiger partial charge in [-0.3, -0.25) is 4.79 Å². The molecule has 3 fully saturated rings. The number of aryl methyl sites for hydroxylation is 2. The number of hydrogen-bond acceptors (Lipinski definition) is 6. The second-order valence-corrected chi connectivity index (χ2v) is 12.0. The summed E-state index contributed by atoms with van der Waals surface area (Å²) in [6.45, 7) is 6.61. The molecule has 0 bridgehead atoms. The number of hydrogen-bond donors (Lipinski definition) is 0. The summed E-state index contributed by atoms with van der Waals surface area (Å²) < 4.78 is 12.5. The Hall–Kier alpha value is -2.38. The molecule has 1 saturated heterocycles. The third-order valence-electron chi connectivity index (χ3n) is 8.50. The molecule has 1 aromatic heterocycles. The fourth-order valence-electron chi connectivity index (χ4n) is 6.56. The lowest BCUT2D eigenvalue weighted by atomic mass is 9.38. The third-order valence-corrected chi connectivity index (χ3v) is 9.90. The van der Waals surface area contributed by atoms with E-state index in [1.807, 2.05) is 6.07 Å². The lowest BCUT2D eigenvalue weighted by molar-refractivity contribution is -0.198. The zero-order valence-electron chi connectivity index (χ0n) is 20.2. The first-order valence-electron chi connectivity index (χ1n) is 12.2. The fourth-order valence-corrected chi connectivity index (χ4v) is 7.87. The zero-order chi connectivity index (χ0) is 24.3. The standard InChI is InChI=1S/C28H29BrN2O3S/c1-16-4-7-24(34-13-18-5-6-19(29)11-17(18)2)20(10-16)23-14-35-27(30-23)31-12-22-25(26(32)33-3)21-8-9-28(21,22)15-31/h4-7,10-11,14,21-22,25H,8-9,12-13,15H2,1-3H3. The van der Waals surface area contributed by atoms with Gasteiger partial charge < -0.3 is 14.4 Å². The van der Waals surface area contributed by atoms with Crippen LogP contribution in [0.25, 0.3) is 11.3 Å². The SMILES string of the molecule is COC(=O)C1C2CCC23CN(c2nc(-c4cc(C)ccc4OCc4ccc(Br)cc4C)cs2)CC13. The Morgan fingerprint density at radius 1 is 1.23 bits per heavy atom. The van der Waals surface area contributed by atoms with Crippen molar-refractivity contribution in [1.82, 2.24) is 4.98 Å². The van der Waals surface area contributed by atoms with Crippen molar-refractivity contribution < 1.29 is 14.3 Å². The van der Waals surface area contributed by atoms with E-state index in [1.165, 1.54) is 30.2 Å². The lowest BCUT2D eigenvalue weighted by Gasteiger charge is -2.64. The summed E-state index contributed by atoms with van der Waals surface area (Å²) in [5, 5.41) is 3.17. The van der Waals surface area contributed by atoms with Crippen molar-refractivity contribution in [2.75, 3.05) is 25.1 Å². The summed E-state index contributed by atoms with van der Waals surface area (Å²) in [6.07, 6.45) is 2.37. The zero-order valence-corrected chi connectivity index (χ0v) is 22.6. The van der Waals surface area contributed by atoms with E-state index < -0.39 is 0 Å². The molecule has 1 spiro atoms. The predicted molar refractivity (Wildman–Crippen MR) is 142 cm³/mol. The molecule has 6 rings (SSSR count). The Kier molecular flexibility index (Phi) is 5.68. The van der Waals surface area contributed by atoms with Gasteiger partial charge in [0.15, 0.2) is 5.13 Å². The van der Waals surface area contributed by atoms with Crippen LogP contribution in [-0.4, -0.2) is 31.2 Å². The number of aromatic nitrogens is 1. The molecule has 4 atom stereocenters. The van der Waals surface area contributed by atoms with Crippen LogP contribution in [0.5, 0.6) is 5.75 Å². The second kappa shape index (κ2) is 8.63. The van der Waals surface area contributed by atoms with E-state index in [2.05, 4.69) is 70.4 Å². The van der Waals surface area contributed by atoms with Gasteiger partial charge in [-0.15, -0.1) is 11.3 Å². The number of rotatable bonds is 6. The van der Waals surface area contributed by atoms with Crippen LogP contribution in [0, 0.1) is 37.0 Å². The molecule has 1 aliphatic heterocycles. The smallest absolute Gasteiger partial charge is 0.309 e. The highest BCUT2D eigenvalue weighted by atomic mass is 79.9. The Morgan fingerprint density at radius 2 is 2.09 bits per heavy atom. The maximum atomic E-state index is 12.4. The van der Waals surface area contributed by atoms with Crippen molar-refractivity contribution in [3.8, 4) is 17.0 Å². The molecule has 182 valence electrons. The van der Waals surface area contributed by atoms with Crippen LogP contribution in [0.2, 0.25) is 0 Å². The summed E-state index contributed by atoms with van der Waals surface area (Å²) in [5.74, 6) is 1.77. The first-order chi connectivity index (χ1) is 16.9. The summed E-state index contributed by atoms with van der Waals surface area (Å²) in [5.41, 5.74) is 5.81. The first-order valence-corrected chi connectivity index (χ1v) is 13.8. The number of thiazole rings is 1. The quantitative estimate of drug-likeness (QED) is 0.331. The highest BCUT2D eigenvalue weighted by Crippen LogP contribution is 2.71. The van der Waals surface area contributed by atoms with E-state index >= 15 is 0 Å². The predicted octanol–water partition coefficient (Wildman–Crippen LogP) is 6.40. The summed E-state index contributed by atoms with van der Waals surface area (Å²) in [4.78, 5) is 19.8. The molecule has 2 saturated carbocycles. The molecule has 2 aliphatic carbocycles. The molecule has 3 aromatic rings. The van der Waals surface area contributed by atoms with Gasteiger partial charge in [-0.1, -0.05) is 33.6 Å². The van der Waals surface area contributed by atoms with Crippen LogP contribution in [-0.2, 0) is 16.1 Å². The minimum atomic E-state index is -0.0282. The summed E-state index contributed by atoms with van der Waals surface area (Å²) >= 11 is 5.22. The number of nitrogens with zero attached hydrogens (tertiary/aromatic N) is 2. The van der Waals surface area contributed by atoms with E-state index in [0.29, 0.717) is 23.9 Å². The maximum absolute atomic E-state index is 12.4. The minimum absolute atomic E-state index is 0.0282. The Bertz CT molecular complexity index is 1310. The van der Waals surface area contributed by atoms with Crippen molar-refractivity contribution in [2.45, 2.75) is 33.3 Å². The van der Waals surface area contributed by atoms with Gasteiger partial charge in [0.25, 0.3) is 0 Å². The number of halogens is 1. The molecule has 7 heteroatoms. The average Bonchev–Trinajstić information content (AvgIpc) is 3.46. The molecule has 0 N–H and O–H groups in total. The van der Waals surface area contributed by atoms with Crippen molar-refractivity contribution in [3.63, 3.8) is 0 Å². The van der Waals surface area contributed by atoms with Crippen LogP contribution in [0.1, 0.15) is 29.5 Å². The highest BCUT2D eigenvalue weighted by Gasteiger charge is 2.72. The molecule has 0 amide bonds. The van der Waals surface area contributed by atoms with E-state index in [0.717, 1.165) is 46.1 Å². The fraction of sp³-hybridized carbons (Fsp3) is 0.429. The van der Waals surface area contributed by atoms with Gasteiger partial charge in [0.1, 0.15) is 12.4 Å². The molecular formula is C28H29BrN2O3S. The van der Waals surface area contributed by atoms with Crippen LogP contribution in [0.4, 0.5) is 5.13 Å². The summed E-state index contributed by atoms with van der Waals surface area (Å²) in [7, 11) is 1.51. The normalized spacial score (nSPS) is 26.4. The van der Waals surface area contributed by atoms with Crippen molar-refractivity contribution in [1.29, 1.82) is 0 Å². The largest absolute Gasteiger partial charge is 0.488 e. The van der Waals surface area contributed by atoms with Crippen molar-refractivity contribution >= 4 is 38.4 Å². The van der Waals surface area contributed by atoms with E-state index in [9.17, 15) is 4.79 Å². The first kappa shape index (κ1) is 23.0. The number of esters is 1. The number of carbonyl (C=O) groups is 1. The highest BCUT2D eigenvalue weighted by molar-refractivity contribution is 9.10. The molecule has 3 aliphatic rings. The topological polar surface area (TPSA) is 51.7 Å². The minimum Gasteiger partial charge on any atom is -0.488 e. The Balaban J connectivity index is 1.22. The van der Waals surface area contributed by atoms with Crippen molar-refractivity contribution in [2.24, 2.45) is 23.2 Å². The van der Waals surface area contributed by atoms with Crippen molar-refractivity contribution in [3.05, 3.63) is 62.9 Å². The molecule has 5 nitrogen and oxygen atoms in total. The number of carbonyl (C=O) groups excluding carboxylic acids is 1. The van der Waals surface area contributed by atoms with E-state index in [-0.39, 0.29) is 11.9 Å². The van der Waals surface area contributed by atoms with Gasteiger partial charge in [-0.2, -0.15) is 0 Å². The van der Waals surface area contributed by atoms with Gasteiger partial charge in [0.2, 0.25) is 0 Å². The third kappa shape index (κ3) is 3.70. The Labute approximate surface area is 218 Å². The van der Waals surface area contributed by atoms with Gasteiger partial charge in [0, 0.05) is 28.5 Å². The van der Waals surface area contributed by atoms with E-state index in [4.69, 9.17) is 14.5 Å². The maximum Gasteiger partial charge on any atom is 0.309 e. The van der Waals surface area contributed by atoms with Gasteiger partial charge in [-0.05, 0) is 79.3 Å². The molecule has 4 unspecified atom stereocenters. The number of benzene rings is 2. The van der Waals surface area contributed by atoms with Gasteiger partial charge in [0.05, 0.1) is 18.7 Å². The molecule has 2 aromatic carbocycles. The molecular weight excluding hydrogens is 524 g/mol. The lowest BCUT2D eigenvalue weighted by Crippen LogP contribution is -2.65. The molecule has 35 heavy (non-hydrogen) atoms. The van der Waals surface area contributed by atoms with E-state index in [1.54, 1.807) is 11.3 Å². The Morgan fingerprint density at radius 3 is 2.83 bits per heavy atom. The van der Waals surface area contributed by atoms with Crippen LogP contribution in [0.3, 0.4) is 0 Å². The van der Waals surface area contributed by atoms with Gasteiger partial charge in [-0.25, -0.2) is 4.98 Å². The van der Waals surface area contributed by atoms with Crippen LogP contribution >= 0.6 is 27.3 Å². The number of methoxy groups -OCH3 is 1. The average molecular weight is 554 g/mol. The molecule has 2 heterocycles. The monoisotopic (exact) mass is 552 g/mol. The van der Waals surface area contributed by atoms with Gasteiger partial charge >= 0.3 is 5.97 Å². The number of anilines is 1. The second-order valence-electron chi connectivity index (χ2n) is 10.3. The number of ether oxygens (including phenoxy) is 2.